The fraction of sp³-hybridized carbons (Fsp3) is 0.462. The van der Waals surface area contributed by atoms with Crippen molar-refractivity contribution in [3.63, 3.8) is 0 Å². The van der Waals surface area contributed by atoms with Gasteiger partial charge in [0.1, 0.15) is 5.65 Å². The van der Waals surface area contributed by atoms with Crippen LogP contribution in [0.15, 0.2) is 24.5 Å². The van der Waals surface area contributed by atoms with Gasteiger partial charge < -0.3 is 14.9 Å². The number of imidazole rings is 1. The van der Waals surface area contributed by atoms with E-state index in [1.807, 2.05) is 12.1 Å². The van der Waals surface area contributed by atoms with Crippen LogP contribution in [-0.2, 0) is 11.3 Å². The van der Waals surface area contributed by atoms with Gasteiger partial charge in [0.05, 0.1) is 12.3 Å². The molecule has 0 radical (unpaired) electrons. The minimum Gasteiger partial charge on any atom is -0.381 e. The Kier molecular flexibility index (Phi) is 2.82. The van der Waals surface area contributed by atoms with Crippen molar-refractivity contribution >= 4 is 5.65 Å². The van der Waals surface area contributed by atoms with Crippen LogP contribution in [0.3, 0.4) is 0 Å². The Morgan fingerprint density at radius 3 is 3.12 bits per heavy atom. The van der Waals surface area contributed by atoms with Crippen LogP contribution in [0.4, 0.5) is 0 Å². The minimum absolute atomic E-state index is 0.449. The van der Waals surface area contributed by atoms with Gasteiger partial charge in [-0.3, -0.25) is 0 Å². The summed E-state index contributed by atoms with van der Waals surface area (Å²) in [6.07, 6.45) is 6.46. The molecule has 17 heavy (non-hydrogen) atoms. The van der Waals surface area contributed by atoms with Crippen molar-refractivity contribution in [1.82, 2.24) is 9.38 Å². The van der Waals surface area contributed by atoms with Gasteiger partial charge in [0.2, 0.25) is 0 Å². The Labute approximate surface area is 100 Å². The number of hydrogen-bond acceptors (Lipinski definition) is 3. The van der Waals surface area contributed by atoms with Crippen LogP contribution in [0, 0.1) is 0 Å². The second-order valence-electron chi connectivity index (χ2n) is 4.59. The lowest BCUT2D eigenvalue weighted by molar-refractivity contribution is 0.0794. The highest BCUT2D eigenvalue weighted by atomic mass is 16.5. The van der Waals surface area contributed by atoms with Gasteiger partial charge in [-0.25, -0.2) is 4.98 Å². The molecule has 3 heterocycles. The van der Waals surface area contributed by atoms with Crippen molar-refractivity contribution in [3.05, 3.63) is 35.8 Å². The minimum atomic E-state index is 0.449. The third-order valence-electron chi connectivity index (χ3n) is 3.35. The van der Waals surface area contributed by atoms with Gasteiger partial charge in [-0.05, 0) is 24.5 Å². The second kappa shape index (κ2) is 4.47. The number of rotatable bonds is 2. The molecule has 4 nitrogen and oxygen atoms in total. The summed E-state index contributed by atoms with van der Waals surface area (Å²) in [6.45, 7) is 2.25. The lowest BCUT2D eigenvalue weighted by Gasteiger charge is -2.19. The van der Waals surface area contributed by atoms with Gasteiger partial charge in [-0.15, -0.1) is 0 Å². The molecule has 1 fully saturated rings. The van der Waals surface area contributed by atoms with Crippen LogP contribution in [0.2, 0.25) is 0 Å². The molecule has 1 unspecified atom stereocenters. The van der Waals surface area contributed by atoms with Gasteiger partial charge in [-0.2, -0.15) is 0 Å². The summed E-state index contributed by atoms with van der Waals surface area (Å²) in [5, 5.41) is 0. The summed E-state index contributed by atoms with van der Waals surface area (Å²) >= 11 is 0. The first-order chi connectivity index (χ1) is 8.36. The highest BCUT2D eigenvalue weighted by Gasteiger charge is 2.18. The number of pyridine rings is 1. The number of hydrogen-bond donors (Lipinski definition) is 1. The topological polar surface area (TPSA) is 52.5 Å². The summed E-state index contributed by atoms with van der Waals surface area (Å²) in [7, 11) is 0. The Morgan fingerprint density at radius 2 is 2.35 bits per heavy atom. The van der Waals surface area contributed by atoms with Crippen molar-refractivity contribution in [3.8, 4) is 0 Å². The quantitative estimate of drug-likeness (QED) is 0.855. The maximum atomic E-state index is 5.64. The fourth-order valence-corrected chi connectivity index (χ4v) is 2.35. The predicted octanol–water partition coefficient (Wildman–Crippen LogP) is 1.69. The van der Waals surface area contributed by atoms with E-state index < -0.39 is 0 Å². The molecule has 0 bridgehead atoms. The number of nitrogens with two attached hydrogens (primary N) is 1. The lowest BCUT2D eigenvalue weighted by atomic mass is 9.99. The van der Waals surface area contributed by atoms with E-state index >= 15 is 0 Å². The third kappa shape index (κ3) is 2.06. The van der Waals surface area contributed by atoms with Crippen LogP contribution in [0.25, 0.3) is 5.65 Å². The maximum Gasteiger partial charge on any atom is 0.137 e. The van der Waals surface area contributed by atoms with Crippen LogP contribution >= 0.6 is 0 Å². The average Bonchev–Trinajstić information content (AvgIpc) is 2.82. The predicted molar refractivity (Wildman–Crippen MR) is 65.9 cm³/mol. The Bertz CT molecular complexity index is 514. The monoisotopic (exact) mass is 231 g/mol. The van der Waals surface area contributed by atoms with Gasteiger partial charge in [0.15, 0.2) is 0 Å². The van der Waals surface area contributed by atoms with Crippen molar-refractivity contribution in [2.45, 2.75) is 25.3 Å². The molecule has 3 rings (SSSR count). The number of aromatic nitrogens is 2. The van der Waals surface area contributed by atoms with Gasteiger partial charge in [0.25, 0.3) is 0 Å². The summed E-state index contributed by atoms with van der Waals surface area (Å²) in [4.78, 5) is 4.65. The van der Waals surface area contributed by atoms with Gasteiger partial charge in [-0.1, -0.05) is 6.07 Å². The molecule has 1 saturated heterocycles. The van der Waals surface area contributed by atoms with Crippen molar-refractivity contribution in [2.24, 2.45) is 5.73 Å². The summed E-state index contributed by atoms with van der Waals surface area (Å²) < 4.78 is 7.57. The Morgan fingerprint density at radius 1 is 1.41 bits per heavy atom. The molecule has 1 atom stereocenters. The number of nitrogens with zero attached hydrogens (tertiary/aromatic N) is 2. The number of fused-ring (bicyclic) bond motifs is 1. The molecule has 1 aliphatic rings. The van der Waals surface area contributed by atoms with Gasteiger partial charge in [0, 0.05) is 31.5 Å². The standard InChI is InChI=1S/C13H17N3O/c14-6-10-3-4-13-15-12(8-16(13)7-10)11-2-1-5-17-9-11/h3-4,7-8,11H,1-2,5-6,9,14H2. The molecular weight excluding hydrogens is 214 g/mol. The molecular formula is C13H17N3O. The number of ether oxygens (including phenoxy) is 1. The summed E-state index contributed by atoms with van der Waals surface area (Å²) in [6, 6.07) is 4.05. The zero-order valence-electron chi connectivity index (χ0n) is 9.80. The van der Waals surface area contributed by atoms with Crippen LogP contribution in [0.5, 0.6) is 0 Å². The fourth-order valence-electron chi connectivity index (χ4n) is 2.35. The summed E-state index contributed by atoms with van der Waals surface area (Å²) in [5.41, 5.74) is 8.89. The SMILES string of the molecule is NCc1ccc2nc(C3CCCOC3)cn2c1. The molecule has 0 aliphatic carbocycles. The van der Waals surface area contributed by atoms with Crippen molar-refractivity contribution < 1.29 is 4.74 Å². The smallest absolute Gasteiger partial charge is 0.137 e. The first kappa shape index (κ1) is 10.7. The van der Waals surface area contributed by atoms with E-state index in [2.05, 4.69) is 21.8 Å². The highest BCUT2D eigenvalue weighted by Crippen LogP contribution is 2.24. The lowest BCUT2D eigenvalue weighted by Crippen LogP contribution is -2.15. The molecule has 0 saturated carbocycles. The van der Waals surface area contributed by atoms with Crippen LogP contribution < -0.4 is 5.73 Å². The van der Waals surface area contributed by atoms with Crippen molar-refractivity contribution in [2.75, 3.05) is 13.2 Å². The highest BCUT2D eigenvalue weighted by molar-refractivity contribution is 5.42. The largest absolute Gasteiger partial charge is 0.381 e. The van der Waals surface area contributed by atoms with E-state index in [-0.39, 0.29) is 0 Å². The van der Waals surface area contributed by atoms with Crippen LogP contribution in [0.1, 0.15) is 30.0 Å². The third-order valence-corrected chi connectivity index (χ3v) is 3.35. The second-order valence-corrected chi connectivity index (χ2v) is 4.59. The van der Waals surface area contributed by atoms with E-state index in [0.29, 0.717) is 12.5 Å². The zero-order chi connectivity index (χ0) is 11.7. The Hall–Kier alpha value is -1.39. The zero-order valence-corrected chi connectivity index (χ0v) is 9.80. The molecule has 2 N–H and O–H groups in total. The molecule has 0 aromatic carbocycles. The van der Waals surface area contributed by atoms with Crippen molar-refractivity contribution in [1.29, 1.82) is 0 Å². The molecule has 90 valence electrons. The molecule has 2 aromatic heterocycles. The molecule has 1 aliphatic heterocycles. The molecule has 2 aromatic rings. The van der Waals surface area contributed by atoms with E-state index in [1.54, 1.807) is 0 Å². The normalized spacial score (nSPS) is 20.9. The van der Waals surface area contributed by atoms with Crippen LogP contribution in [-0.4, -0.2) is 22.6 Å². The van der Waals surface area contributed by atoms with E-state index in [1.165, 1.54) is 6.42 Å². The van der Waals surface area contributed by atoms with Gasteiger partial charge >= 0.3 is 0 Å². The average molecular weight is 231 g/mol. The molecule has 0 spiro atoms. The summed E-state index contributed by atoms with van der Waals surface area (Å²) in [5.74, 6) is 0.449. The maximum absolute atomic E-state index is 5.64. The van der Waals surface area contributed by atoms with E-state index in [4.69, 9.17) is 10.5 Å². The first-order valence-corrected chi connectivity index (χ1v) is 6.12. The molecule has 4 heteroatoms. The molecule has 0 amide bonds. The van der Waals surface area contributed by atoms with E-state index in [0.717, 1.165) is 36.5 Å². The Balaban J connectivity index is 1.95. The van der Waals surface area contributed by atoms with E-state index in [9.17, 15) is 0 Å². The first-order valence-electron chi connectivity index (χ1n) is 6.12.